The van der Waals surface area contributed by atoms with Crippen molar-refractivity contribution >= 4 is 11.7 Å². The summed E-state index contributed by atoms with van der Waals surface area (Å²) in [6, 6.07) is 8.13. The highest BCUT2D eigenvalue weighted by molar-refractivity contribution is 5.91. The number of carbonyl (C=O) groups is 1. The lowest BCUT2D eigenvalue weighted by molar-refractivity contribution is 0.183. The molecule has 25 heavy (non-hydrogen) atoms. The molecule has 3 rings (SSSR count). The minimum Gasteiger partial charge on any atom is -0.383 e. The molecule has 1 saturated heterocycles. The Morgan fingerprint density at radius 1 is 1.16 bits per heavy atom. The van der Waals surface area contributed by atoms with E-state index in [-0.39, 0.29) is 6.03 Å². The van der Waals surface area contributed by atoms with Gasteiger partial charge < -0.3 is 9.64 Å². The van der Waals surface area contributed by atoms with Crippen molar-refractivity contribution in [3.63, 3.8) is 0 Å². The Hall–Kier alpha value is -2.34. The van der Waals surface area contributed by atoms with Gasteiger partial charge in [0.05, 0.1) is 19.3 Å². The van der Waals surface area contributed by atoms with Crippen molar-refractivity contribution in [1.29, 1.82) is 0 Å². The summed E-state index contributed by atoms with van der Waals surface area (Å²) < 4.78 is 6.95. The number of anilines is 1. The maximum absolute atomic E-state index is 12.6. The molecule has 2 amide bonds. The van der Waals surface area contributed by atoms with Crippen LogP contribution < -0.4 is 4.90 Å². The number of aromatic nitrogens is 2. The van der Waals surface area contributed by atoms with Crippen molar-refractivity contribution in [1.82, 2.24) is 14.7 Å². The quantitative estimate of drug-likeness (QED) is 0.838. The van der Waals surface area contributed by atoms with Crippen molar-refractivity contribution in [2.45, 2.75) is 25.8 Å². The summed E-state index contributed by atoms with van der Waals surface area (Å²) in [6.45, 7) is 3.11. The Kier molecular flexibility index (Phi) is 5.71. The number of ether oxygens (including phenoxy) is 1. The maximum Gasteiger partial charge on any atom is 0.324 e. The van der Waals surface area contributed by atoms with Gasteiger partial charge in [-0.25, -0.2) is 4.79 Å². The van der Waals surface area contributed by atoms with E-state index in [2.05, 4.69) is 5.10 Å². The van der Waals surface area contributed by atoms with Gasteiger partial charge in [0.2, 0.25) is 0 Å². The van der Waals surface area contributed by atoms with Gasteiger partial charge in [-0.2, -0.15) is 5.10 Å². The Morgan fingerprint density at radius 3 is 2.56 bits per heavy atom. The van der Waals surface area contributed by atoms with Crippen molar-refractivity contribution in [2.75, 3.05) is 38.8 Å². The molecule has 0 saturated carbocycles. The lowest BCUT2D eigenvalue weighted by atomic mass is 10.1. The van der Waals surface area contributed by atoms with Gasteiger partial charge in [-0.3, -0.25) is 9.58 Å². The fourth-order valence-electron chi connectivity index (χ4n) is 3.11. The molecule has 0 N–H and O–H groups in total. The van der Waals surface area contributed by atoms with Gasteiger partial charge in [-0.05, 0) is 37.0 Å². The second kappa shape index (κ2) is 8.16. The molecule has 1 fully saturated rings. The van der Waals surface area contributed by atoms with E-state index in [4.69, 9.17) is 4.74 Å². The second-order valence-corrected chi connectivity index (χ2v) is 6.42. The number of carbonyl (C=O) groups excluding carboxylic acids is 1. The van der Waals surface area contributed by atoms with Crippen LogP contribution in [0.1, 0.15) is 19.3 Å². The van der Waals surface area contributed by atoms with E-state index in [1.54, 1.807) is 12.0 Å². The van der Waals surface area contributed by atoms with Crippen LogP contribution in [0, 0.1) is 0 Å². The van der Waals surface area contributed by atoms with Crippen LogP contribution >= 0.6 is 0 Å². The highest BCUT2D eigenvalue weighted by Gasteiger charge is 2.20. The number of benzene rings is 1. The van der Waals surface area contributed by atoms with Gasteiger partial charge in [-0.1, -0.05) is 12.1 Å². The highest BCUT2D eigenvalue weighted by atomic mass is 16.5. The number of urea groups is 1. The third kappa shape index (κ3) is 4.20. The summed E-state index contributed by atoms with van der Waals surface area (Å²) >= 11 is 0. The summed E-state index contributed by atoms with van der Waals surface area (Å²) in [6.07, 6.45) is 7.29. The SMILES string of the molecule is COCCn1cc(-c2ccc(N(C)C(=O)N3CCCCC3)cc2)cn1. The number of hydrogen-bond acceptors (Lipinski definition) is 3. The van der Waals surface area contributed by atoms with Crippen molar-refractivity contribution in [2.24, 2.45) is 0 Å². The summed E-state index contributed by atoms with van der Waals surface area (Å²) in [7, 11) is 3.53. The normalized spacial score (nSPS) is 14.6. The molecule has 6 nitrogen and oxygen atoms in total. The van der Waals surface area contributed by atoms with Gasteiger partial charge in [0.1, 0.15) is 0 Å². The van der Waals surface area contributed by atoms with Gasteiger partial charge in [-0.15, -0.1) is 0 Å². The average molecular weight is 342 g/mol. The van der Waals surface area contributed by atoms with E-state index in [0.717, 1.165) is 49.3 Å². The standard InChI is InChI=1S/C19H26N4O2/c1-21(19(24)22-10-4-3-5-11-22)18-8-6-16(7-9-18)17-14-20-23(15-17)12-13-25-2/h6-9,14-15H,3-5,10-13H2,1-2H3. The van der Waals surface area contributed by atoms with E-state index in [0.29, 0.717) is 6.61 Å². The molecule has 0 atom stereocenters. The molecule has 0 radical (unpaired) electrons. The van der Waals surface area contributed by atoms with Crippen LogP contribution in [0.15, 0.2) is 36.7 Å². The van der Waals surface area contributed by atoms with Crippen LogP contribution in [-0.2, 0) is 11.3 Å². The summed E-state index contributed by atoms with van der Waals surface area (Å²) in [5, 5.41) is 4.34. The molecule has 6 heteroatoms. The molecule has 0 spiro atoms. The van der Waals surface area contributed by atoms with Gasteiger partial charge in [0, 0.05) is 44.7 Å². The molecule has 1 aliphatic rings. The zero-order valence-electron chi connectivity index (χ0n) is 15.0. The Labute approximate surface area is 149 Å². The number of piperidine rings is 1. The summed E-state index contributed by atoms with van der Waals surface area (Å²) in [5.74, 6) is 0. The predicted molar refractivity (Wildman–Crippen MR) is 98.8 cm³/mol. The molecule has 0 aliphatic carbocycles. The first-order chi connectivity index (χ1) is 12.2. The molecule has 1 aromatic carbocycles. The monoisotopic (exact) mass is 342 g/mol. The average Bonchev–Trinajstić information content (AvgIpc) is 3.15. The van der Waals surface area contributed by atoms with E-state index < -0.39 is 0 Å². The summed E-state index contributed by atoms with van der Waals surface area (Å²) in [4.78, 5) is 16.3. The fraction of sp³-hybridized carbons (Fsp3) is 0.474. The zero-order valence-corrected chi connectivity index (χ0v) is 15.0. The Morgan fingerprint density at radius 2 is 1.88 bits per heavy atom. The first-order valence-electron chi connectivity index (χ1n) is 8.83. The molecule has 1 aliphatic heterocycles. The minimum atomic E-state index is 0.0832. The van der Waals surface area contributed by atoms with E-state index >= 15 is 0 Å². The van der Waals surface area contributed by atoms with E-state index in [9.17, 15) is 4.79 Å². The van der Waals surface area contributed by atoms with E-state index in [1.807, 2.05) is 53.3 Å². The lowest BCUT2D eigenvalue weighted by Crippen LogP contribution is -2.43. The number of likely N-dealkylation sites (tertiary alicyclic amines) is 1. The molecule has 0 bridgehead atoms. The number of methoxy groups -OCH3 is 1. The van der Waals surface area contributed by atoms with Crippen LogP contribution in [-0.4, -0.2) is 54.6 Å². The zero-order chi connectivity index (χ0) is 17.6. The van der Waals surface area contributed by atoms with Crippen LogP contribution in [0.3, 0.4) is 0 Å². The third-order valence-electron chi connectivity index (χ3n) is 4.66. The first kappa shape index (κ1) is 17.5. The molecule has 2 heterocycles. The smallest absolute Gasteiger partial charge is 0.324 e. The molecule has 2 aromatic rings. The number of amides is 2. The third-order valence-corrected chi connectivity index (χ3v) is 4.66. The van der Waals surface area contributed by atoms with Crippen molar-refractivity contribution in [3.05, 3.63) is 36.7 Å². The van der Waals surface area contributed by atoms with Crippen LogP contribution in [0.25, 0.3) is 11.1 Å². The van der Waals surface area contributed by atoms with Crippen LogP contribution in [0.2, 0.25) is 0 Å². The predicted octanol–water partition coefficient (Wildman–Crippen LogP) is 3.24. The molecular formula is C19H26N4O2. The molecular weight excluding hydrogens is 316 g/mol. The topological polar surface area (TPSA) is 50.6 Å². The first-order valence-corrected chi connectivity index (χ1v) is 8.83. The van der Waals surface area contributed by atoms with E-state index in [1.165, 1.54) is 6.42 Å². The molecule has 134 valence electrons. The minimum absolute atomic E-state index is 0.0832. The number of rotatable bonds is 5. The van der Waals surface area contributed by atoms with Crippen molar-refractivity contribution < 1.29 is 9.53 Å². The largest absolute Gasteiger partial charge is 0.383 e. The lowest BCUT2D eigenvalue weighted by Gasteiger charge is -2.31. The van der Waals surface area contributed by atoms with Crippen LogP contribution in [0.4, 0.5) is 10.5 Å². The highest BCUT2D eigenvalue weighted by Crippen LogP contribution is 2.23. The Balaban J connectivity index is 1.66. The van der Waals surface area contributed by atoms with Gasteiger partial charge in [0.15, 0.2) is 0 Å². The number of hydrogen-bond donors (Lipinski definition) is 0. The Bertz CT molecular complexity index is 690. The number of nitrogens with zero attached hydrogens (tertiary/aromatic N) is 4. The van der Waals surface area contributed by atoms with Crippen LogP contribution in [0.5, 0.6) is 0 Å². The molecule has 1 aromatic heterocycles. The maximum atomic E-state index is 12.6. The van der Waals surface area contributed by atoms with Crippen molar-refractivity contribution in [3.8, 4) is 11.1 Å². The second-order valence-electron chi connectivity index (χ2n) is 6.42. The van der Waals surface area contributed by atoms with Gasteiger partial charge >= 0.3 is 6.03 Å². The molecule has 0 unspecified atom stereocenters. The fourth-order valence-corrected chi connectivity index (χ4v) is 3.11. The summed E-state index contributed by atoms with van der Waals surface area (Å²) in [5.41, 5.74) is 3.06. The van der Waals surface area contributed by atoms with Gasteiger partial charge in [0.25, 0.3) is 0 Å².